The molecule has 2 unspecified atom stereocenters. The summed E-state index contributed by atoms with van der Waals surface area (Å²) in [5.74, 6) is 1.80. The van der Waals surface area contributed by atoms with Gasteiger partial charge in [-0.1, -0.05) is 0 Å². The first-order chi connectivity index (χ1) is 10.3. The highest BCUT2D eigenvalue weighted by molar-refractivity contribution is 4.96. The van der Waals surface area contributed by atoms with Crippen LogP contribution in [-0.2, 0) is 24.3 Å². The summed E-state index contributed by atoms with van der Waals surface area (Å²) >= 11 is 0. The molecule has 0 fully saturated rings. The van der Waals surface area contributed by atoms with Gasteiger partial charge in [0.15, 0.2) is 0 Å². The summed E-state index contributed by atoms with van der Waals surface area (Å²) in [5.41, 5.74) is 0. The zero-order valence-electron chi connectivity index (χ0n) is 11.8. The largest absolute Gasteiger partial charge is 0.467 e. The highest BCUT2D eigenvalue weighted by Crippen LogP contribution is 2.11. The van der Waals surface area contributed by atoms with Crippen LogP contribution in [0.25, 0.3) is 0 Å². The topological polar surface area (TPSA) is 85.3 Å². The monoisotopic (exact) mass is 292 g/mol. The van der Waals surface area contributed by atoms with Crippen LogP contribution >= 0.6 is 0 Å². The van der Waals surface area contributed by atoms with Gasteiger partial charge < -0.3 is 19.6 Å². The molecule has 3 heterocycles. The van der Waals surface area contributed by atoms with Gasteiger partial charge in [-0.25, -0.2) is 9.67 Å². The smallest absolute Gasteiger partial charge is 0.138 e. The number of aliphatic hydroxyl groups excluding tert-OH is 1. The fraction of sp³-hybridized carbons (Fsp3) is 0.571. The summed E-state index contributed by atoms with van der Waals surface area (Å²) in [5, 5.41) is 17.4. The Bertz CT molecular complexity index is 540. The van der Waals surface area contributed by atoms with Crippen molar-refractivity contribution in [3.8, 4) is 0 Å². The number of nitrogens with zero attached hydrogens (tertiary/aromatic N) is 3. The van der Waals surface area contributed by atoms with Gasteiger partial charge in [-0.2, -0.15) is 5.10 Å². The van der Waals surface area contributed by atoms with Crippen LogP contribution in [0.4, 0.5) is 0 Å². The molecule has 114 valence electrons. The van der Waals surface area contributed by atoms with E-state index < -0.39 is 6.10 Å². The molecule has 7 heteroatoms. The van der Waals surface area contributed by atoms with E-state index in [4.69, 9.17) is 9.15 Å². The number of aryl methyl sites for hydroxylation is 1. The number of aromatic nitrogens is 3. The van der Waals surface area contributed by atoms with Gasteiger partial charge in [0.25, 0.3) is 0 Å². The molecule has 2 aromatic rings. The summed E-state index contributed by atoms with van der Waals surface area (Å²) < 4.78 is 12.5. The van der Waals surface area contributed by atoms with Crippen molar-refractivity contribution in [1.29, 1.82) is 0 Å². The van der Waals surface area contributed by atoms with E-state index in [9.17, 15) is 5.11 Å². The lowest BCUT2D eigenvalue weighted by Gasteiger charge is -2.24. The number of aliphatic hydroxyl groups is 1. The number of nitrogens with one attached hydrogen (secondary N) is 1. The van der Waals surface area contributed by atoms with Crippen molar-refractivity contribution in [3.05, 3.63) is 36.3 Å². The van der Waals surface area contributed by atoms with E-state index in [0.29, 0.717) is 19.2 Å². The lowest BCUT2D eigenvalue weighted by molar-refractivity contribution is 0.0209. The molecule has 0 amide bonds. The fourth-order valence-corrected chi connectivity index (χ4v) is 2.46. The van der Waals surface area contributed by atoms with Crippen molar-refractivity contribution in [2.24, 2.45) is 0 Å². The first-order valence-electron chi connectivity index (χ1n) is 7.19. The van der Waals surface area contributed by atoms with Gasteiger partial charge in [0, 0.05) is 19.0 Å². The molecule has 2 atom stereocenters. The molecule has 0 aromatic carbocycles. The quantitative estimate of drug-likeness (QED) is 0.766. The van der Waals surface area contributed by atoms with Crippen molar-refractivity contribution in [2.45, 2.75) is 38.1 Å². The Morgan fingerprint density at radius 2 is 2.52 bits per heavy atom. The first-order valence-corrected chi connectivity index (χ1v) is 7.19. The molecule has 0 saturated heterocycles. The Labute approximate surface area is 122 Å². The zero-order valence-corrected chi connectivity index (χ0v) is 11.8. The fourth-order valence-electron chi connectivity index (χ4n) is 2.46. The third-order valence-electron chi connectivity index (χ3n) is 3.58. The highest BCUT2D eigenvalue weighted by Gasteiger charge is 2.20. The van der Waals surface area contributed by atoms with Crippen LogP contribution in [0, 0.1) is 0 Å². The van der Waals surface area contributed by atoms with Gasteiger partial charge in [0.05, 0.1) is 25.5 Å². The third-order valence-corrected chi connectivity index (χ3v) is 3.58. The van der Waals surface area contributed by atoms with E-state index >= 15 is 0 Å². The second-order valence-electron chi connectivity index (χ2n) is 5.25. The van der Waals surface area contributed by atoms with E-state index in [1.54, 1.807) is 12.6 Å². The van der Waals surface area contributed by atoms with Crippen LogP contribution in [0.2, 0.25) is 0 Å². The molecule has 1 aliphatic heterocycles. The number of fused-ring (bicyclic) bond motifs is 1. The van der Waals surface area contributed by atoms with E-state index in [1.807, 2.05) is 16.8 Å². The molecule has 0 spiro atoms. The molecule has 2 N–H and O–H groups in total. The summed E-state index contributed by atoms with van der Waals surface area (Å²) in [6.07, 6.45) is 4.60. The number of hydrogen-bond donors (Lipinski definition) is 2. The molecular formula is C14H20N4O3. The predicted molar refractivity (Wildman–Crippen MR) is 74.5 cm³/mol. The van der Waals surface area contributed by atoms with Gasteiger partial charge in [-0.15, -0.1) is 0 Å². The molecular weight excluding hydrogens is 272 g/mol. The normalized spacial score (nSPS) is 19.4. The Balaban J connectivity index is 1.33. The molecule has 0 radical (unpaired) electrons. The van der Waals surface area contributed by atoms with Crippen LogP contribution in [0.3, 0.4) is 0 Å². The number of hydrogen-bond acceptors (Lipinski definition) is 6. The Morgan fingerprint density at radius 1 is 1.57 bits per heavy atom. The summed E-state index contributed by atoms with van der Waals surface area (Å²) in [6.45, 7) is 1.98. The van der Waals surface area contributed by atoms with E-state index in [1.165, 1.54) is 0 Å². The minimum Gasteiger partial charge on any atom is -0.467 e. The molecule has 0 saturated carbocycles. The number of ether oxygens (including phenoxy) is 1. The van der Waals surface area contributed by atoms with Gasteiger partial charge >= 0.3 is 0 Å². The first kappa shape index (κ1) is 14.2. The van der Waals surface area contributed by atoms with Crippen LogP contribution in [0.5, 0.6) is 0 Å². The molecule has 0 bridgehead atoms. The van der Waals surface area contributed by atoms with Crippen molar-refractivity contribution in [3.63, 3.8) is 0 Å². The van der Waals surface area contributed by atoms with Crippen molar-refractivity contribution in [1.82, 2.24) is 20.1 Å². The minimum absolute atomic E-state index is 0.287. The molecule has 7 nitrogen and oxygen atoms in total. The van der Waals surface area contributed by atoms with E-state index in [0.717, 1.165) is 31.0 Å². The second-order valence-corrected chi connectivity index (χ2v) is 5.25. The summed E-state index contributed by atoms with van der Waals surface area (Å²) in [7, 11) is 0. The van der Waals surface area contributed by atoms with Gasteiger partial charge in [0.2, 0.25) is 0 Å². The molecule has 1 aliphatic rings. The van der Waals surface area contributed by atoms with Gasteiger partial charge in [0.1, 0.15) is 24.5 Å². The molecule has 3 rings (SSSR count). The lowest BCUT2D eigenvalue weighted by Crippen LogP contribution is -2.42. The molecule has 2 aromatic heterocycles. The Kier molecular flexibility index (Phi) is 4.64. The average Bonchev–Trinajstić information content (AvgIpc) is 3.15. The van der Waals surface area contributed by atoms with Crippen LogP contribution in [-0.4, -0.2) is 45.2 Å². The predicted octanol–water partition coefficient (Wildman–Crippen LogP) is 0.353. The van der Waals surface area contributed by atoms with Crippen LogP contribution in [0.1, 0.15) is 18.0 Å². The Morgan fingerprint density at radius 3 is 3.38 bits per heavy atom. The standard InChI is InChI=1S/C14H20N4O3/c19-12(8-20-9-13-2-1-5-21-13)6-15-11-3-4-14-16-10-17-18(14)7-11/h1-2,5,10-12,15,19H,3-4,6-9H2. The second kappa shape index (κ2) is 6.84. The lowest BCUT2D eigenvalue weighted by atomic mass is 10.1. The Hall–Kier alpha value is -1.70. The van der Waals surface area contributed by atoms with Gasteiger partial charge in [-0.05, 0) is 18.6 Å². The van der Waals surface area contributed by atoms with E-state index in [2.05, 4.69) is 15.4 Å². The minimum atomic E-state index is -0.530. The van der Waals surface area contributed by atoms with Crippen molar-refractivity contribution < 1.29 is 14.3 Å². The van der Waals surface area contributed by atoms with Gasteiger partial charge in [-0.3, -0.25) is 0 Å². The van der Waals surface area contributed by atoms with Crippen LogP contribution < -0.4 is 5.32 Å². The SMILES string of the molecule is OC(CNC1CCc2ncnn2C1)COCc1ccco1. The molecule has 0 aliphatic carbocycles. The third kappa shape index (κ3) is 3.90. The maximum Gasteiger partial charge on any atom is 0.138 e. The number of rotatable bonds is 7. The summed E-state index contributed by atoms with van der Waals surface area (Å²) in [4.78, 5) is 4.20. The van der Waals surface area contributed by atoms with Crippen molar-refractivity contribution >= 4 is 0 Å². The van der Waals surface area contributed by atoms with Crippen LogP contribution in [0.15, 0.2) is 29.1 Å². The molecule has 21 heavy (non-hydrogen) atoms. The number of furan rings is 1. The highest BCUT2D eigenvalue weighted by atomic mass is 16.5. The zero-order chi connectivity index (χ0) is 14.5. The summed E-state index contributed by atoms with van der Waals surface area (Å²) in [6, 6.07) is 3.99. The van der Waals surface area contributed by atoms with E-state index in [-0.39, 0.29) is 6.61 Å². The average molecular weight is 292 g/mol. The maximum absolute atomic E-state index is 9.91. The van der Waals surface area contributed by atoms with Crippen molar-refractivity contribution in [2.75, 3.05) is 13.2 Å². The maximum atomic E-state index is 9.91.